The van der Waals surface area contributed by atoms with Crippen molar-refractivity contribution in [2.75, 3.05) is 20.7 Å². The molecule has 0 fully saturated rings. The standard InChI is InChI=1S/C18H20N2O3/c1-20(13-14-7-4-3-5-8-14)17(21)12-19-18(22)15-9-6-10-16(11-15)23-2/h3-11H,12-13H2,1-2H3,(H,19,22). The van der Waals surface area contributed by atoms with E-state index in [0.29, 0.717) is 17.9 Å². The Morgan fingerprint density at radius 2 is 1.83 bits per heavy atom. The maximum atomic E-state index is 12.1. The highest BCUT2D eigenvalue weighted by atomic mass is 16.5. The van der Waals surface area contributed by atoms with Crippen LogP contribution in [0.5, 0.6) is 5.75 Å². The van der Waals surface area contributed by atoms with Crippen LogP contribution >= 0.6 is 0 Å². The number of benzene rings is 2. The molecule has 23 heavy (non-hydrogen) atoms. The highest BCUT2D eigenvalue weighted by Gasteiger charge is 2.12. The first-order valence-corrected chi connectivity index (χ1v) is 7.30. The number of carbonyl (C=O) groups excluding carboxylic acids is 2. The fraction of sp³-hybridized carbons (Fsp3) is 0.222. The van der Waals surface area contributed by atoms with Crippen molar-refractivity contribution < 1.29 is 14.3 Å². The molecule has 2 rings (SSSR count). The summed E-state index contributed by atoms with van der Waals surface area (Å²) in [7, 11) is 3.26. The summed E-state index contributed by atoms with van der Waals surface area (Å²) in [6, 6.07) is 16.5. The lowest BCUT2D eigenvalue weighted by Crippen LogP contribution is -2.37. The Morgan fingerprint density at radius 3 is 2.52 bits per heavy atom. The lowest BCUT2D eigenvalue weighted by molar-refractivity contribution is -0.129. The zero-order valence-electron chi connectivity index (χ0n) is 13.3. The number of rotatable bonds is 6. The normalized spacial score (nSPS) is 10.0. The van der Waals surface area contributed by atoms with Gasteiger partial charge in [0.1, 0.15) is 5.75 Å². The summed E-state index contributed by atoms with van der Waals surface area (Å²) < 4.78 is 5.08. The predicted molar refractivity (Wildman–Crippen MR) is 88.2 cm³/mol. The molecule has 5 heteroatoms. The number of methoxy groups -OCH3 is 1. The predicted octanol–water partition coefficient (Wildman–Crippen LogP) is 2.08. The van der Waals surface area contributed by atoms with Crippen molar-refractivity contribution in [3.63, 3.8) is 0 Å². The van der Waals surface area contributed by atoms with Crippen LogP contribution in [-0.2, 0) is 11.3 Å². The summed E-state index contributed by atoms with van der Waals surface area (Å²) in [5, 5.41) is 2.63. The van der Waals surface area contributed by atoms with Crippen LogP contribution in [0.25, 0.3) is 0 Å². The van der Waals surface area contributed by atoms with Crippen molar-refractivity contribution in [2.45, 2.75) is 6.54 Å². The zero-order valence-corrected chi connectivity index (χ0v) is 13.3. The van der Waals surface area contributed by atoms with E-state index in [1.54, 1.807) is 43.3 Å². The van der Waals surface area contributed by atoms with Gasteiger partial charge in [0.25, 0.3) is 5.91 Å². The Labute approximate surface area is 135 Å². The third-order valence-electron chi connectivity index (χ3n) is 3.42. The van der Waals surface area contributed by atoms with Gasteiger partial charge in [-0.1, -0.05) is 36.4 Å². The highest BCUT2D eigenvalue weighted by molar-refractivity contribution is 5.96. The molecule has 0 aliphatic carbocycles. The van der Waals surface area contributed by atoms with Crippen LogP contribution < -0.4 is 10.1 Å². The van der Waals surface area contributed by atoms with Gasteiger partial charge in [-0.3, -0.25) is 9.59 Å². The number of carbonyl (C=O) groups is 2. The van der Waals surface area contributed by atoms with E-state index in [9.17, 15) is 9.59 Å². The number of likely N-dealkylation sites (N-methyl/N-ethyl adjacent to an activating group) is 1. The molecule has 0 aliphatic rings. The van der Waals surface area contributed by atoms with E-state index in [-0.39, 0.29) is 18.4 Å². The van der Waals surface area contributed by atoms with E-state index in [0.717, 1.165) is 5.56 Å². The van der Waals surface area contributed by atoms with Crippen LogP contribution in [-0.4, -0.2) is 37.4 Å². The maximum absolute atomic E-state index is 12.1. The van der Waals surface area contributed by atoms with Gasteiger partial charge in [0.2, 0.25) is 5.91 Å². The molecular formula is C18H20N2O3. The Hall–Kier alpha value is -2.82. The average molecular weight is 312 g/mol. The van der Waals surface area contributed by atoms with Crippen LogP contribution in [0.2, 0.25) is 0 Å². The molecule has 0 saturated carbocycles. The number of hydrogen-bond donors (Lipinski definition) is 1. The second-order valence-electron chi connectivity index (χ2n) is 5.15. The number of ether oxygens (including phenoxy) is 1. The van der Waals surface area contributed by atoms with E-state index >= 15 is 0 Å². The fourth-order valence-electron chi connectivity index (χ4n) is 2.10. The lowest BCUT2D eigenvalue weighted by atomic mass is 10.2. The second kappa shape index (κ2) is 7.98. The molecular weight excluding hydrogens is 292 g/mol. The molecule has 0 bridgehead atoms. The number of nitrogens with one attached hydrogen (secondary N) is 1. The van der Waals surface area contributed by atoms with Gasteiger partial charge < -0.3 is 15.0 Å². The SMILES string of the molecule is COc1cccc(C(=O)NCC(=O)N(C)Cc2ccccc2)c1. The highest BCUT2D eigenvalue weighted by Crippen LogP contribution is 2.12. The molecule has 0 radical (unpaired) electrons. The summed E-state index contributed by atoms with van der Waals surface area (Å²) in [4.78, 5) is 25.7. The smallest absolute Gasteiger partial charge is 0.251 e. The van der Waals surface area contributed by atoms with Gasteiger partial charge in [-0.05, 0) is 23.8 Å². The first kappa shape index (κ1) is 16.5. The van der Waals surface area contributed by atoms with Gasteiger partial charge in [0.15, 0.2) is 0 Å². The van der Waals surface area contributed by atoms with Crippen LogP contribution in [0, 0.1) is 0 Å². The van der Waals surface area contributed by atoms with E-state index in [1.165, 1.54) is 0 Å². The Balaban J connectivity index is 1.86. The Morgan fingerprint density at radius 1 is 1.09 bits per heavy atom. The monoisotopic (exact) mass is 312 g/mol. The Bertz CT molecular complexity index is 671. The molecule has 2 aromatic rings. The second-order valence-corrected chi connectivity index (χ2v) is 5.15. The molecule has 0 saturated heterocycles. The van der Waals surface area contributed by atoms with E-state index in [2.05, 4.69) is 5.32 Å². The van der Waals surface area contributed by atoms with E-state index in [4.69, 9.17) is 4.74 Å². The molecule has 120 valence electrons. The molecule has 0 aliphatic heterocycles. The minimum atomic E-state index is -0.301. The summed E-state index contributed by atoms with van der Waals surface area (Å²) in [5.74, 6) is 0.153. The number of amides is 2. The van der Waals surface area contributed by atoms with Crippen molar-refractivity contribution in [1.29, 1.82) is 0 Å². The van der Waals surface area contributed by atoms with Gasteiger partial charge in [-0.15, -0.1) is 0 Å². The maximum Gasteiger partial charge on any atom is 0.251 e. The van der Waals surface area contributed by atoms with Gasteiger partial charge in [-0.25, -0.2) is 0 Å². The minimum absolute atomic E-state index is 0.0423. The molecule has 5 nitrogen and oxygen atoms in total. The van der Waals surface area contributed by atoms with Crippen LogP contribution in [0.15, 0.2) is 54.6 Å². The Kier molecular flexibility index (Phi) is 5.74. The summed E-state index contributed by atoms with van der Waals surface area (Å²) in [6.07, 6.45) is 0. The van der Waals surface area contributed by atoms with Gasteiger partial charge in [0.05, 0.1) is 13.7 Å². The van der Waals surface area contributed by atoms with E-state index < -0.39 is 0 Å². The van der Waals surface area contributed by atoms with Crippen molar-refractivity contribution in [1.82, 2.24) is 10.2 Å². The zero-order chi connectivity index (χ0) is 16.7. The van der Waals surface area contributed by atoms with Crippen LogP contribution in [0.4, 0.5) is 0 Å². The summed E-state index contributed by atoms with van der Waals surface area (Å²) in [6.45, 7) is 0.466. The largest absolute Gasteiger partial charge is 0.497 e. The topological polar surface area (TPSA) is 58.6 Å². The molecule has 0 atom stereocenters. The number of hydrogen-bond acceptors (Lipinski definition) is 3. The minimum Gasteiger partial charge on any atom is -0.497 e. The molecule has 0 aromatic heterocycles. The summed E-state index contributed by atoms with van der Waals surface area (Å²) in [5.41, 5.74) is 1.50. The molecule has 2 aromatic carbocycles. The molecule has 2 amide bonds. The average Bonchev–Trinajstić information content (AvgIpc) is 2.60. The third kappa shape index (κ3) is 4.85. The molecule has 0 spiro atoms. The quantitative estimate of drug-likeness (QED) is 0.888. The first-order valence-electron chi connectivity index (χ1n) is 7.30. The van der Waals surface area contributed by atoms with Gasteiger partial charge in [0, 0.05) is 19.2 Å². The van der Waals surface area contributed by atoms with Gasteiger partial charge in [-0.2, -0.15) is 0 Å². The molecule has 1 N–H and O–H groups in total. The van der Waals surface area contributed by atoms with Crippen molar-refractivity contribution >= 4 is 11.8 Å². The van der Waals surface area contributed by atoms with Crippen molar-refractivity contribution in [3.05, 3.63) is 65.7 Å². The third-order valence-corrected chi connectivity index (χ3v) is 3.42. The van der Waals surface area contributed by atoms with Crippen molar-refractivity contribution in [3.8, 4) is 5.75 Å². The van der Waals surface area contributed by atoms with Crippen LogP contribution in [0.3, 0.4) is 0 Å². The van der Waals surface area contributed by atoms with Crippen LogP contribution in [0.1, 0.15) is 15.9 Å². The van der Waals surface area contributed by atoms with Crippen molar-refractivity contribution in [2.24, 2.45) is 0 Å². The lowest BCUT2D eigenvalue weighted by Gasteiger charge is -2.17. The summed E-state index contributed by atoms with van der Waals surface area (Å²) >= 11 is 0. The molecule has 0 unspecified atom stereocenters. The molecule has 0 heterocycles. The fourth-order valence-corrected chi connectivity index (χ4v) is 2.10. The number of nitrogens with zero attached hydrogens (tertiary/aromatic N) is 1. The van der Waals surface area contributed by atoms with E-state index in [1.807, 2.05) is 30.3 Å². The first-order chi connectivity index (χ1) is 11.1. The van der Waals surface area contributed by atoms with Gasteiger partial charge >= 0.3 is 0 Å².